The lowest BCUT2D eigenvalue weighted by atomic mass is 10.2. The molecule has 0 aliphatic heterocycles. The predicted molar refractivity (Wildman–Crippen MR) is 80.2 cm³/mol. The SMILES string of the molecule is COC(=O)C(C)Sc1nnc(-c2ccc(OC)cc2OC)o1. The smallest absolute Gasteiger partial charge is 0.319 e. The Morgan fingerprint density at radius 3 is 2.64 bits per heavy atom. The van der Waals surface area contributed by atoms with Crippen molar-refractivity contribution < 1.29 is 23.4 Å². The van der Waals surface area contributed by atoms with Crippen LogP contribution in [0, 0.1) is 0 Å². The summed E-state index contributed by atoms with van der Waals surface area (Å²) < 4.78 is 20.7. The van der Waals surface area contributed by atoms with Gasteiger partial charge in [0.15, 0.2) is 0 Å². The fraction of sp³-hybridized carbons (Fsp3) is 0.357. The van der Waals surface area contributed by atoms with Crippen LogP contribution in [0.15, 0.2) is 27.8 Å². The summed E-state index contributed by atoms with van der Waals surface area (Å²) in [4.78, 5) is 11.4. The number of nitrogens with zero attached hydrogens (tertiary/aromatic N) is 2. The van der Waals surface area contributed by atoms with Gasteiger partial charge >= 0.3 is 5.97 Å². The number of ether oxygens (including phenoxy) is 3. The lowest BCUT2D eigenvalue weighted by Gasteiger charge is -2.07. The average Bonchev–Trinajstić information content (AvgIpc) is 3.01. The summed E-state index contributed by atoms with van der Waals surface area (Å²) in [5.74, 6) is 1.17. The van der Waals surface area contributed by atoms with Crippen LogP contribution >= 0.6 is 11.8 Å². The van der Waals surface area contributed by atoms with Gasteiger partial charge in [-0.15, -0.1) is 10.2 Å². The number of carbonyl (C=O) groups excluding carboxylic acids is 1. The first kappa shape index (κ1) is 16.2. The van der Waals surface area contributed by atoms with Gasteiger partial charge in [-0.25, -0.2) is 0 Å². The van der Waals surface area contributed by atoms with E-state index >= 15 is 0 Å². The molecule has 2 aromatic rings. The number of carbonyl (C=O) groups is 1. The Labute approximate surface area is 132 Å². The Balaban J connectivity index is 2.23. The molecule has 22 heavy (non-hydrogen) atoms. The van der Waals surface area contributed by atoms with Gasteiger partial charge in [0.1, 0.15) is 16.7 Å². The predicted octanol–water partition coefficient (Wildman–Crippen LogP) is 2.41. The molecule has 0 N–H and O–H groups in total. The van der Waals surface area contributed by atoms with Gasteiger partial charge in [-0.1, -0.05) is 11.8 Å². The van der Waals surface area contributed by atoms with E-state index in [1.807, 2.05) is 0 Å². The van der Waals surface area contributed by atoms with Crippen molar-refractivity contribution in [3.8, 4) is 23.0 Å². The number of hydrogen-bond donors (Lipinski definition) is 0. The summed E-state index contributed by atoms with van der Waals surface area (Å²) in [6.07, 6.45) is 0. The van der Waals surface area contributed by atoms with Gasteiger partial charge in [0, 0.05) is 6.07 Å². The van der Waals surface area contributed by atoms with Crippen LogP contribution in [0.2, 0.25) is 0 Å². The van der Waals surface area contributed by atoms with Gasteiger partial charge < -0.3 is 18.6 Å². The zero-order valence-electron chi connectivity index (χ0n) is 12.7. The summed E-state index contributed by atoms with van der Waals surface area (Å²) in [7, 11) is 4.45. The van der Waals surface area contributed by atoms with Crippen molar-refractivity contribution in [2.45, 2.75) is 17.4 Å². The maximum Gasteiger partial charge on any atom is 0.319 e. The van der Waals surface area contributed by atoms with E-state index in [1.54, 1.807) is 39.3 Å². The third-order valence-electron chi connectivity index (χ3n) is 2.86. The highest BCUT2D eigenvalue weighted by Crippen LogP contribution is 2.34. The van der Waals surface area contributed by atoms with Gasteiger partial charge in [0.25, 0.3) is 11.1 Å². The quantitative estimate of drug-likeness (QED) is 0.591. The topological polar surface area (TPSA) is 83.7 Å². The summed E-state index contributed by atoms with van der Waals surface area (Å²) in [6.45, 7) is 1.70. The fourth-order valence-corrected chi connectivity index (χ4v) is 2.42. The van der Waals surface area contributed by atoms with Crippen molar-refractivity contribution in [1.29, 1.82) is 0 Å². The van der Waals surface area contributed by atoms with E-state index in [1.165, 1.54) is 7.11 Å². The standard InChI is InChI=1S/C14H16N2O5S/c1-8(13(17)20-4)22-14-16-15-12(21-14)10-6-5-9(18-2)7-11(10)19-3/h5-8H,1-4H3. The molecule has 0 aliphatic rings. The van der Waals surface area contributed by atoms with E-state index in [0.717, 1.165) is 11.8 Å². The largest absolute Gasteiger partial charge is 0.497 e. The minimum absolute atomic E-state index is 0.283. The zero-order valence-corrected chi connectivity index (χ0v) is 13.5. The number of methoxy groups -OCH3 is 3. The lowest BCUT2D eigenvalue weighted by Crippen LogP contribution is -2.14. The van der Waals surface area contributed by atoms with Gasteiger partial charge in [-0.3, -0.25) is 4.79 Å². The molecule has 0 amide bonds. The maximum atomic E-state index is 11.4. The Kier molecular flexibility index (Phi) is 5.26. The second kappa shape index (κ2) is 7.17. The Morgan fingerprint density at radius 2 is 2.00 bits per heavy atom. The lowest BCUT2D eigenvalue weighted by molar-refractivity contribution is -0.139. The van der Waals surface area contributed by atoms with E-state index in [-0.39, 0.29) is 11.2 Å². The van der Waals surface area contributed by atoms with Crippen LogP contribution in [0.4, 0.5) is 0 Å². The molecule has 1 aromatic carbocycles. The Bertz CT molecular complexity index is 658. The highest BCUT2D eigenvalue weighted by molar-refractivity contribution is 8.00. The number of rotatable bonds is 6. The minimum Gasteiger partial charge on any atom is -0.497 e. The molecule has 0 aliphatic carbocycles. The highest BCUT2D eigenvalue weighted by Gasteiger charge is 2.20. The monoisotopic (exact) mass is 324 g/mol. The summed E-state index contributed by atoms with van der Waals surface area (Å²) in [5, 5.41) is 7.75. The van der Waals surface area contributed by atoms with E-state index in [9.17, 15) is 4.79 Å². The number of hydrogen-bond acceptors (Lipinski definition) is 8. The number of thioether (sulfide) groups is 1. The summed E-state index contributed by atoms with van der Waals surface area (Å²) in [6, 6.07) is 5.26. The first-order valence-corrected chi connectivity index (χ1v) is 7.27. The molecule has 1 aromatic heterocycles. The van der Waals surface area contributed by atoms with Crippen LogP contribution in [-0.2, 0) is 9.53 Å². The molecular formula is C14H16N2O5S. The molecule has 8 heteroatoms. The molecule has 118 valence electrons. The van der Waals surface area contributed by atoms with Crippen molar-refractivity contribution in [2.24, 2.45) is 0 Å². The Hall–Kier alpha value is -2.22. The highest BCUT2D eigenvalue weighted by atomic mass is 32.2. The van der Waals surface area contributed by atoms with Crippen LogP contribution in [0.1, 0.15) is 6.92 Å². The van der Waals surface area contributed by atoms with Crippen molar-refractivity contribution in [3.63, 3.8) is 0 Å². The third kappa shape index (κ3) is 3.51. The molecular weight excluding hydrogens is 308 g/mol. The van der Waals surface area contributed by atoms with Crippen molar-refractivity contribution in [2.75, 3.05) is 21.3 Å². The van der Waals surface area contributed by atoms with Crippen LogP contribution in [0.5, 0.6) is 11.5 Å². The third-order valence-corrected chi connectivity index (χ3v) is 3.77. The molecule has 2 rings (SSSR count). The summed E-state index contributed by atoms with van der Waals surface area (Å²) >= 11 is 1.13. The molecule has 1 heterocycles. The molecule has 7 nitrogen and oxygen atoms in total. The zero-order chi connectivity index (χ0) is 16.1. The van der Waals surface area contributed by atoms with Crippen molar-refractivity contribution >= 4 is 17.7 Å². The maximum absolute atomic E-state index is 11.4. The van der Waals surface area contributed by atoms with Gasteiger partial charge in [0.2, 0.25) is 0 Å². The molecule has 1 atom stereocenters. The molecule has 0 spiro atoms. The first-order valence-electron chi connectivity index (χ1n) is 6.39. The van der Waals surface area contributed by atoms with Crippen LogP contribution in [0.3, 0.4) is 0 Å². The molecule has 0 radical (unpaired) electrons. The fourth-order valence-electron chi connectivity index (χ4n) is 1.71. The molecule has 0 fully saturated rings. The van der Waals surface area contributed by atoms with E-state index in [0.29, 0.717) is 23.0 Å². The molecule has 0 bridgehead atoms. The average molecular weight is 324 g/mol. The number of esters is 1. The second-order valence-corrected chi connectivity index (χ2v) is 5.51. The van der Waals surface area contributed by atoms with Gasteiger partial charge in [0.05, 0.1) is 26.9 Å². The van der Waals surface area contributed by atoms with Crippen LogP contribution < -0.4 is 9.47 Å². The first-order chi connectivity index (χ1) is 10.6. The number of benzene rings is 1. The second-order valence-electron chi connectivity index (χ2n) is 4.22. The summed E-state index contributed by atoms with van der Waals surface area (Å²) in [5.41, 5.74) is 0.647. The van der Waals surface area contributed by atoms with Crippen molar-refractivity contribution in [1.82, 2.24) is 10.2 Å². The number of aromatic nitrogens is 2. The van der Waals surface area contributed by atoms with E-state index in [4.69, 9.17) is 13.9 Å². The van der Waals surface area contributed by atoms with Crippen molar-refractivity contribution in [3.05, 3.63) is 18.2 Å². The molecule has 0 saturated heterocycles. The van der Waals surface area contributed by atoms with Gasteiger partial charge in [-0.2, -0.15) is 0 Å². The molecule has 1 unspecified atom stereocenters. The normalized spacial score (nSPS) is 11.8. The molecule has 0 saturated carbocycles. The van der Waals surface area contributed by atoms with Crippen LogP contribution in [0.25, 0.3) is 11.5 Å². The van der Waals surface area contributed by atoms with Crippen LogP contribution in [-0.4, -0.2) is 42.7 Å². The van der Waals surface area contributed by atoms with Gasteiger partial charge in [-0.05, 0) is 19.1 Å². The van der Waals surface area contributed by atoms with E-state index in [2.05, 4.69) is 14.9 Å². The Morgan fingerprint density at radius 1 is 1.23 bits per heavy atom. The van der Waals surface area contributed by atoms with E-state index < -0.39 is 5.25 Å². The minimum atomic E-state index is -0.434.